The summed E-state index contributed by atoms with van der Waals surface area (Å²) in [6.45, 7) is 1.91. The smallest absolute Gasteiger partial charge is 0.207 e. The number of thioether (sulfide) groups is 1. The molecule has 2 heterocycles. The third-order valence-electron chi connectivity index (χ3n) is 2.20. The van der Waals surface area contributed by atoms with Crippen molar-refractivity contribution >= 4 is 11.8 Å². The van der Waals surface area contributed by atoms with Gasteiger partial charge in [-0.15, -0.1) is 11.8 Å². The minimum Gasteiger partial charge on any atom is -0.443 e. The highest BCUT2D eigenvalue weighted by molar-refractivity contribution is 7.99. The van der Waals surface area contributed by atoms with Crippen LogP contribution >= 0.6 is 11.8 Å². The summed E-state index contributed by atoms with van der Waals surface area (Å²) in [6.07, 6.45) is 4.20. The van der Waals surface area contributed by atoms with E-state index in [4.69, 9.17) is 10.2 Å². The number of hydrogen-bond donors (Lipinski definition) is 1. The van der Waals surface area contributed by atoms with E-state index in [0.29, 0.717) is 5.25 Å². The molecule has 72 valence electrons. The molecule has 4 heteroatoms. The highest BCUT2D eigenvalue weighted by Crippen LogP contribution is 2.39. The van der Waals surface area contributed by atoms with Gasteiger partial charge in [-0.3, -0.25) is 0 Å². The van der Waals surface area contributed by atoms with E-state index in [1.165, 1.54) is 18.6 Å². The van der Waals surface area contributed by atoms with E-state index in [1.54, 1.807) is 6.20 Å². The molecule has 1 aromatic heterocycles. The maximum absolute atomic E-state index is 5.69. The van der Waals surface area contributed by atoms with Crippen molar-refractivity contribution in [1.82, 2.24) is 4.98 Å². The Kier molecular flexibility index (Phi) is 2.60. The Hall–Kier alpha value is -0.480. The lowest BCUT2D eigenvalue weighted by atomic mass is 10.2. The molecule has 1 aliphatic heterocycles. The van der Waals surface area contributed by atoms with Crippen LogP contribution in [0, 0.1) is 0 Å². The van der Waals surface area contributed by atoms with E-state index < -0.39 is 0 Å². The van der Waals surface area contributed by atoms with Crippen molar-refractivity contribution in [3.05, 3.63) is 17.8 Å². The highest BCUT2D eigenvalue weighted by atomic mass is 32.2. The van der Waals surface area contributed by atoms with Gasteiger partial charge in [0.2, 0.25) is 5.89 Å². The molecule has 0 saturated carbocycles. The Balaban J connectivity index is 2.12. The number of oxazole rings is 1. The van der Waals surface area contributed by atoms with Crippen LogP contribution in [0.3, 0.4) is 0 Å². The molecule has 1 fully saturated rings. The second-order valence-corrected chi connectivity index (χ2v) is 4.70. The molecule has 2 N–H and O–H groups in total. The second kappa shape index (κ2) is 3.72. The number of rotatable bonds is 2. The molecule has 3 nitrogen and oxygen atoms in total. The molecule has 2 unspecified atom stereocenters. The van der Waals surface area contributed by atoms with Gasteiger partial charge in [0, 0.05) is 0 Å². The topological polar surface area (TPSA) is 52.0 Å². The SMILES string of the molecule is CC(N)c1cnc(C2CCCS2)o1. The fraction of sp³-hybridized carbons (Fsp3) is 0.667. The highest BCUT2D eigenvalue weighted by Gasteiger charge is 2.22. The van der Waals surface area contributed by atoms with Crippen molar-refractivity contribution in [2.75, 3.05) is 5.75 Å². The summed E-state index contributed by atoms with van der Waals surface area (Å²) in [5.41, 5.74) is 5.69. The van der Waals surface area contributed by atoms with Crippen LogP contribution in [0.5, 0.6) is 0 Å². The molecule has 0 bridgehead atoms. The summed E-state index contributed by atoms with van der Waals surface area (Å²) in [5, 5.41) is 0.465. The van der Waals surface area contributed by atoms with E-state index >= 15 is 0 Å². The predicted octanol–water partition coefficient (Wildman–Crippen LogP) is 2.26. The van der Waals surface area contributed by atoms with Crippen molar-refractivity contribution in [3.8, 4) is 0 Å². The normalized spacial score (nSPS) is 24.9. The quantitative estimate of drug-likeness (QED) is 0.792. The molecule has 0 aromatic carbocycles. The van der Waals surface area contributed by atoms with Gasteiger partial charge in [0.05, 0.1) is 17.5 Å². The fourth-order valence-electron chi connectivity index (χ4n) is 1.43. The summed E-state index contributed by atoms with van der Waals surface area (Å²) < 4.78 is 5.57. The van der Waals surface area contributed by atoms with Gasteiger partial charge in [-0.1, -0.05) is 0 Å². The van der Waals surface area contributed by atoms with E-state index in [2.05, 4.69) is 4.98 Å². The molecule has 13 heavy (non-hydrogen) atoms. The Morgan fingerprint density at radius 3 is 3.15 bits per heavy atom. The van der Waals surface area contributed by atoms with Gasteiger partial charge in [0.1, 0.15) is 5.76 Å². The number of aromatic nitrogens is 1. The van der Waals surface area contributed by atoms with Crippen LogP contribution in [0.1, 0.15) is 42.7 Å². The molecule has 1 aromatic rings. The van der Waals surface area contributed by atoms with E-state index in [-0.39, 0.29) is 6.04 Å². The van der Waals surface area contributed by atoms with Crippen LogP contribution in [-0.2, 0) is 0 Å². The van der Waals surface area contributed by atoms with Crippen molar-refractivity contribution < 1.29 is 4.42 Å². The monoisotopic (exact) mass is 198 g/mol. The van der Waals surface area contributed by atoms with Gasteiger partial charge in [0.15, 0.2) is 0 Å². The fourth-order valence-corrected chi connectivity index (χ4v) is 2.64. The summed E-state index contributed by atoms with van der Waals surface area (Å²) >= 11 is 1.92. The second-order valence-electron chi connectivity index (χ2n) is 3.39. The summed E-state index contributed by atoms with van der Waals surface area (Å²) in [7, 11) is 0. The van der Waals surface area contributed by atoms with Gasteiger partial charge in [-0.2, -0.15) is 0 Å². The van der Waals surface area contributed by atoms with Crippen molar-refractivity contribution in [2.45, 2.75) is 31.1 Å². The first kappa shape index (κ1) is 9.09. The van der Waals surface area contributed by atoms with E-state index in [1.807, 2.05) is 18.7 Å². The zero-order chi connectivity index (χ0) is 9.26. The van der Waals surface area contributed by atoms with Crippen molar-refractivity contribution in [3.63, 3.8) is 0 Å². The number of nitrogens with zero attached hydrogens (tertiary/aromatic N) is 1. The Morgan fingerprint density at radius 1 is 1.77 bits per heavy atom. The molecular formula is C9H14N2OS. The summed E-state index contributed by atoms with van der Waals surface area (Å²) in [6, 6.07) is -0.0485. The van der Waals surface area contributed by atoms with Crippen LogP contribution in [-0.4, -0.2) is 10.7 Å². The molecule has 2 atom stereocenters. The molecule has 0 spiro atoms. The van der Waals surface area contributed by atoms with Crippen LogP contribution in [0.2, 0.25) is 0 Å². The lowest BCUT2D eigenvalue weighted by Crippen LogP contribution is -2.02. The Morgan fingerprint density at radius 2 is 2.62 bits per heavy atom. The van der Waals surface area contributed by atoms with Crippen LogP contribution in [0.25, 0.3) is 0 Å². The Bertz CT molecular complexity index is 279. The standard InChI is InChI=1S/C9H14N2OS/c1-6(10)7-5-11-9(12-7)8-3-2-4-13-8/h5-6,8H,2-4,10H2,1H3. The molecule has 2 rings (SSSR count). The number of nitrogens with two attached hydrogens (primary N) is 1. The minimum absolute atomic E-state index is 0.0485. The molecule has 0 aliphatic carbocycles. The molecule has 1 aliphatic rings. The first-order chi connectivity index (χ1) is 6.27. The van der Waals surface area contributed by atoms with E-state index in [0.717, 1.165) is 11.7 Å². The van der Waals surface area contributed by atoms with Gasteiger partial charge in [-0.05, 0) is 25.5 Å². The average molecular weight is 198 g/mol. The first-order valence-electron chi connectivity index (χ1n) is 4.60. The van der Waals surface area contributed by atoms with Crippen LogP contribution in [0.15, 0.2) is 10.6 Å². The van der Waals surface area contributed by atoms with Gasteiger partial charge in [-0.25, -0.2) is 4.98 Å². The van der Waals surface area contributed by atoms with Gasteiger partial charge < -0.3 is 10.2 Å². The molecule has 0 amide bonds. The van der Waals surface area contributed by atoms with Crippen LogP contribution < -0.4 is 5.73 Å². The first-order valence-corrected chi connectivity index (χ1v) is 5.65. The maximum atomic E-state index is 5.69. The lowest BCUT2D eigenvalue weighted by Gasteiger charge is -2.02. The zero-order valence-corrected chi connectivity index (χ0v) is 8.51. The lowest BCUT2D eigenvalue weighted by molar-refractivity contribution is 0.429. The van der Waals surface area contributed by atoms with Crippen LogP contribution in [0.4, 0.5) is 0 Å². The molecular weight excluding hydrogens is 184 g/mol. The average Bonchev–Trinajstić information content (AvgIpc) is 2.75. The molecule has 1 saturated heterocycles. The van der Waals surface area contributed by atoms with Gasteiger partial charge in [0.25, 0.3) is 0 Å². The third-order valence-corrected chi connectivity index (χ3v) is 3.56. The van der Waals surface area contributed by atoms with Gasteiger partial charge >= 0.3 is 0 Å². The van der Waals surface area contributed by atoms with Crippen molar-refractivity contribution in [1.29, 1.82) is 0 Å². The zero-order valence-electron chi connectivity index (χ0n) is 7.69. The summed E-state index contributed by atoms with van der Waals surface area (Å²) in [5.74, 6) is 2.87. The number of hydrogen-bond acceptors (Lipinski definition) is 4. The van der Waals surface area contributed by atoms with E-state index in [9.17, 15) is 0 Å². The third kappa shape index (κ3) is 1.89. The van der Waals surface area contributed by atoms with Crippen molar-refractivity contribution in [2.24, 2.45) is 5.73 Å². The Labute approximate surface area is 82.1 Å². The minimum atomic E-state index is -0.0485. The predicted molar refractivity (Wildman–Crippen MR) is 53.5 cm³/mol. The maximum Gasteiger partial charge on any atom is 0.207 e. The largest absolute Gasteiger partial charge is 0.443 e. The summed E-state index contributed by atoms with van der Waals surface area (Å²) in [4.78, 5) is 4.25. The molecule has 0 radical (unpaired) electrons.